The molecular formula is C12H17BrFNO. The SMILES string of the molecule is CC(C)NCC(C)Oc1ccc(F)c(Br)c1. The third kappa shape index (κ3) is 4.49. The van der Waals surface area contributed by atoms with Gasteiger partial charge in [0, 0.05) is 12.6 Å². The maximum atomic E-state index is 13.0. The highest BCUT2D eigenvalue weighted by molar-refractivity contribution is 9.10. The van der Waals surface area contributed by atoms with Gasteiger partial charge in [-0.15, -0.1) is 0 Å². The van der Waals surface area contributed by atoms with E-state index in [1.807, 2.05) is 6.92 Å². The lowest BCUT2D eigenvalue weighted by Crippen LogP contribution is -2.33. The first kappa shape index (κ1) is 13.5. The summed E-state index contributed by atoms with van der Waals surface area (Å²) in [5.41, 5.74) is 0. The van der Waals surface area contributed by atoms with Crippen molar-refractivity contribution >= 4 is 15.9 Å². The van der Waals surface area contributed by atoms with Gasteiger partial charge < -0.3 is 10.1 Å². The van der Waals surface area contributed by atoms with Gasteiger partial charge in [0.2, 0.25) is 0 Å². The zero-order valence-corrected chi connectivity index (χ0v) is 11.3. The zero-order chi connectivity index (χ0) is 12.1. The van der Waals surface area contributed by atoms with E-state index < -0.39 is 0 Å². The van der Waals surface area contributed by atoms with E-state index in [0.717, 1.165) is 6.54 Å². The van der Waals surface area contributed by atoms with Crippen LogP contribution in [0.15, 0.2) is 22.7 Å². The fourth-order valence-corrected chi connectivity index (χ4v) is 1.58. The molecule has 0 heterocycles. The average molecular weight is 290 g/mol. The first-order chi connectivity index (χ1) is 7.49. The van der Waals surface area contributed by atoms with Gasteiger partial charge in [-0.2, -0.15) is 0 Å². The topological polar surface area (TPSA) is 21.3 Å². The zero-order valence-electron chi connectivity index (χ0n) is 9.76. The van der Waals surface area contributed by atoms with Crippen LogP contribution in [-0.2, 0) is 0 Å². The van der Waals surface area contributed by atoms with Crippen molar-refractivity contribution in [2.45, 2.75) is 32.9 Å². The van der Waals surface area contributed by atoms with E-state index in [-0.39, 0.29) is 11.9 Å². The van der Waals surface area contributed by atoms with Crippen LogP contribution in [0.1, 0.15) is 20.8 Å². The fraction of sp³-hybridized carbons (Fsp3) is 0.500. The number of halogens is 2. The van der Waals surface area contributed by atoms with E-state index in [0.29, 0.717) is 16.3 Å². The molecule has 0 saturated carbocycles. The molecule has 1 rings (SSSR count). The molecule has 1 unspecified atom stereocenters. The summed E-state index contributed by atoms with van der Waals surface area (Å²) in [6.45, 7) is 6.92. The number of hydrogen-bond donors (Lipinski definition) is 1. The van der Waals surface area contributed by atoms with E-state index in [4.69, 9.17) is 4.74 Å². The van der Waals surface area contributed by atoms with Crippen LogP contribution in [0.2, 0.25) is 0 Å². The Morgan fingerprint density at radius 3 is 2.62 bits per heavy atom. The summed E-state index contributed by atoms with van der Waals surface area (Å²) in [5.74, 6) is 0.395. The van der Waals surface area contributed by atoms with E-state index in [1.165, 1.54) is 6.07 Å². The van der Waals surface area contributed by atoms with Crippen LogP contribution in [0.4, 0.5) is 4.39 Å². The molecule has 0 fully saturated rings. The summed E-state index contributed by atoms with van der Waals surface area (Å²) in [6.07, 6.45) is 0.0553. The first-order valence-electron chi connectivity index (χ1n) is 5.34. The molecule has 1 aromatic carbocycles. The number of hydrogen-bond acceptors (Lipinski definition) is 2. The quantitative estimate of drug-likeness (QED) is 0.898. The molecule has 16 heavy (non-hydrogen) atoms. The molecule has 0 bridgehead atoms. The summed E-state index contributed by atoms with van der Waals surface area (Å²) in [5, 5.41) is 3.28. The number of ether oxygens (including phenoxy) is 1. The second kappa shape index (κ2) is 6.21. The van der Waals surface area contributed by atoms with Crippen molar-refractivity contribution in [3.8, 4) is 5.75 Å². The minimum atomic E-state index is -0.277. The predicted molar refractivity (Wildman–Crippen MR) is 67.3 cm³/mol. The van der Waals surface area contributed by atoms with Crippen LogP contribution in [0.5, 0.6) is 5.75 Å². The number of rotatable bonds is 5. The third-order valence-electron chi connectivity index (χ3n) is 2.04. The van der Waals surface area contributed by atoms with E-state index >= 15 is 0 Å². The lowest BCUT2D eigenvalue weighted by molar-refractivity contribution is 0.213. The van der Waals surface area contributed by atoms with Gasteiger partial charge in [-0.3, -0.25) is 0 Å². The van der Waals surface area contributed by atoms with Crippen molar-refractivity contribution in [2.75, 3.05) is 6.54 Å². The van der Waals surface area contributed by atoms with Gasteiger partial charge in [0.15, 0.2) is 0 Å². The standard InChI is InChI=1S/C12H17BrFNO/c1-8(2)15-7-9(3)16-10-4-5-12(14)11(13)6-10/h4-6,8-9,15H,7H2,1-3H3. The molecule has 0 aromatic heterocycles. The normalized spacial score (nSPS) is 12.9. The van der Waals surface area contributed by atoms with Gasteiger partial charge in [-0.05, 0) is 41.1 Å². The van der Waals surface area contributed by atoms with E-state index in [2.05, 4.69) is 35.1 Å². The molecule has 0 aliphatic carbocycles. The van der Waals surface area contributed by atoms with Crippen molar-refractivity contribution in [1.82, 2.24) is 5.32 Å². The summed E-state index contributed by atoms with van der Waals surface area (Å²) < 4.78 is 19.0. The molecule has 0 radical (unpaired) electrons. The molecule has 0 amide bonds. The van der Waals surface area contributed by atoms with Crippen LogP contribution in [0.3, 0.4) is 0 Å². The lowest BCUT2D eigenvalue weighted by atomic mass is 10.3. The summed E-state index contributed by atoms with van der Waals surface area (Å²) in [7, 11) is 0. The molecule has 0 aliphatic rings. The largest absolute Gasteiger partial charge is 0.489 e. The van der Waals surface area contributed by atoms with Crippen molar-refractivity contribution in [3.63, 3.8) is 0 Å². The Bertz CT molecular complexity index is 344. The first-order valence-corrected chi connectivity index (χ1v) is 6.13. The van der Waals surface area contributed by atoms with Gasteiger partial charge in [0.05, 0.1) is 4.47 Å². The fourth-order valence-electron chi connectivity index (χ4n) is 1.23. The number of benzene rings is 1. The molecule has 1 aromatic rings. The molecule has 4 heteroatoms. The molecule has 0 saturated heterocycles. The molecule has 1 N–H and O–H groups in total. The van der Waals surface area contributed by atoms with Gasteiger partial charge >= 0.3 is 0 Å². The molecule has 1 atom stereocenters. The van der Waals surface area contributed by atoms with Crippen LogP contribution >= 0.6 is 15.9 Å². The second-order valence-corrected chi connectivity index (χ2v) is 4.92. The Morgan fingerprint density at radius 2 is 2.06 bits per heavy atom. The van der Waals surface area contributed by atoms with Crippen molar-refractivity contribution in [3.05, 3.63) is 28.5 Å². The second-order valence-electron chi connectivity index (χ2n) is 4.07. The Hall–Kier alpha value is -0.610. The van der Waals surface area contributed by atoms with Crippen molar-refractivity contribution in [2.24, 2.45) is 0 Å². The smallest absolute Gasteiger partial charge is 0.137 e. The van der Waals surface area contributed by atoms with Crippen molar-refractivity contribution < 1.29 is 9.13 Å². The molecule has 0 aliphatic heterocycles. The summed E-state index contributed by atoms with van der Waals surface area (Å²) >= 11 is 3.13. The average Bonchev–Trinajstić information content (AvgIpc) is 2.21. The summed E-state index contributed by atoms with van der Waals surface area (Å²) in [4.78, 5) is 0. The van der Waals surface area contributed by atoms with Gasteiger partial charge in [-0.1, -0.05) is 13.8 Å². The highest BCUT2D eigenvalue weighted by Crippen LogP contribution is 2.22. The van der Waals surface area contributed by atoms with Crippen LogP contribution in [-0.4, -0.2) is 18.7 Å². The minimum Gasteiger partial charge on any atom is -0.489 e. The maximum absolute atomic E-state index is 13.0. The van der Waals surface area contributed by atoms with Crippen LogP contribution < -0.4 is 10.1 Å². The Labute approximate surface area is 104 Å². The Balaban J connectivity index is 2.49. The highest BCUT2D eigenvalue weighted by Gasteiger charge is 2.06. The monoisotopic (exact) mass is 289 g/mol. The van der Waals surface area contributed by atoms with Gasteiger partial charge in [0.25, 0.3) is 0 Å². The molecule has 2 nitrogen and oxygen atoms in total. The Morgan fingerprint density at radius 1 is 1.38 bits per heavy atom. The van der Waals surface area contributed by atoms with E-state index in [9.17, 15) is 4.39 Å². The Kier molecular flexibility index (Phi) is 5.22. The van der Waals surface area contributed by atoms with Crippen molar-refractivity contribution in [1.29, 1.82) is 0 Å². The molecule has 0 spiro atoms. The summed E-state index contributed by atoms with van der Waals surface area (Å²) in [6, 6.07) is 5.10. The van der Waals surface area contributed by atoms with E-state index in [1.54, 1.807) is 12.1 Å². The van der Waals surface area contributed by atoms with Crippen LogP contribution in [0.25, 0.3) is 0 Å². The molecule has 90 valence electrons. The van der Waals surface area contributed by atoms with Crippen LogP contribution in [0, 0.1) is 5.82 Å². The molecular weight excluding hydrogens is 273 g/mol. The maximum Gasteiger partial charge on any atom is 0.137 e. The number of nitrogens with one attached hydrogen (secondary N) is 1. The highest BCUT2D eigenvalue weighted by atomic mass is 79.9. The lowest BCUT2D eigenvalue weighted by Gasteiger charge is -2.17. The predicted octanol–water partition coefficient (Wildman–Crippen LogP) is 3.35. The van der Waals surface area contributed by atoms with Gasteiger partial charge in [0.1, 0.15) is 17.7 Å². The third-order valence-corrected chi connectivity index (χ3v) is 2.65. The van der Waals surface area contributed by atoms with Gasteiger partial charge in [-0.25, -0.2) is 4.39 Å². The minimum absolute atomic E-state index is 0.0553.